The molecule has 0 atom stereocenters. The van der Waals surface area contributed by atoms with Crippen LogP contribution in [0.15, 0.2) is 16.5 Å². The van der Waals surface area contributed by atoms with E-state index in [0.717, 1.165) is 11.5 Å². The zero-order chi connectivity index (χ0) is 14.3. The van der Waals surface area contributed by atoms with E-state index in [1.165, 1.54) is 0 Å². The molecule has 0 aliphatic carbocycles. The highest BCUT2D eigenvalue weighted by Crippen LogP contribution is 2.11. The minimum Gasteiger partial charge on any atom is -0.465 e. The molecule has 5 nitrogen and oxygen atoms in total. The van der Waals surface area contributed by atoms with E-state index in [9.17, 15) is 4.79 Å². The maximum atomic E-state index is 11.7. The first-order chi connectivity index (χ1) is 9.02. The maximum absolute atomic E-state index is 11.7. The average molecular weight is 263 g/mol. The van der Waals surface area contributed by atoms with Gasteiger partial charge in [0.05, 0.1) is 25.6 Å². The summed E-state index contributed by atoms with van der Waals surface area (Å²) in [5, 5.41) is 11.1. The van der Waals surface area contributed by atoms with Crippen molar-refractivity contribution >= 4 is 5.91 Å². The van der Waals surface area contributed by atoms with Gasteiger partial charge in [0.25, 0.3) is 0 Å². The van der Waals surface area contributed by atoms with Gasteiger partial charge in [-0.15, -0.1) is 0 Å². The number of nitrogens with one attached hydrogen (secondary N) is 1. The molecule has 19 heavy (non-hydrogen) atoms. The average Bonchev–Trinajstić information content (AvgIpc) is 2.74. The highest BCUT2D eigenvalue weighted by atomic mass is 16.3. The fourth-order valence-electron chi connectivity index (χ4n) is 1.69. The van der Waals surface area contributed by atoms with Crippen LogP contribution in [-0.2, 0) is 11.3 Å². The van der Waals surface area contributed by atoms with Gasteiger partial charge in [-0.3, -0.25) is 9.69 Å². The molecule has 0 aromatic carbocycles. The van der Waals surface area contributed by atoms with Gasteiger partial charge in [-0.1, -0.05) is 0 Å². The molecule has 0 saturated heterocycles. The van der Waals surface area contributed by atoms with E-state index < -0.39 is 0 Å². The topological polar surface area (TPSA) is 69.3 Å². The quantitative estimate of drug-likeness (QED) is 0.762. The van der Waals surface area contributed by atoms with Crippen LogP contribution in [-0.4, -0.2) is 29.9 Å². The molecule has 1 N–H and O–H groups in total. The first kappa shape index (κ1) is 15.3. The highest BCUT2D eigenvalue weighted by Gasteiger charge is 2.15. The predicted molar refractivity (Wildman–Crippen MR) is 72.2 cm³/mol. The van der Waals surface area contributed by atoms with Crippen LogP contribution in [0.25, 0.3) is 0 Å². The zero-order valence-corrected chi connectivity index (χ0v) is 11.8. The van der Waals surface area contributed by atoms with Crippen LogP contribution in [0.2, 0.25) is 0 Å². The normalized spacial score (nSPS) is 10.7. The SMILES string of the molecule is Cc1ccc(CN(CC(=O)NCCC#N)C(C)C)o1. The molecule has 1 aromatic heterocycles. The Morgan fingerprint density at radius 3 is 2.79 bits per heavy atom. The Bertz CT molecular complexity index is 446. The van der Waals surface area contributed by atoms with E-state index in [-0.39, 0.29) is 11.9 Å². The summed E-state index contributed by atoms with van der Waals surface area (Å²) in [5.74, 6) is 1.67. The molecule has 1 amide bonds. The molecule has 0 unspecified atom stereocenters. The number of hydrogen-bond acceptors (Lipinski definition) is 4. The largest absolute Gasteiger partial charge is 0.465 e. The fraction of sp³-hybridized carbons (Fsp3) is 0.571. The second-order valence-corrected chi connectivity index (χ2v) is 4.77. The number of rotatable bonds is 7. The first-order valence-electron chi connectivity index (χ1n) is 6.46. The van der Waals surface area contributed by atoms with Crippen LogP contribution in [0.4, 0.5) is 0 Å². The molecule has 5 heteroatoms. The second-order valence-electron chi connectivity index (χ2n) is 4.77. The molecule has 1 aromatic rings. The summed E-state index contributed by atoms with van der Waals surface area (Å²) in [4.78, 5) is 13.8. The third kappa shape index (κ3) is 5.58. The Balaban J connectivity index is 2.49. The fourth-order valence-corrected chi connectivity index (χ4v) is 1.69. The Morgan fingerprint density at radius 1 is 1.53 bits per heavy atom. The molecule has 0 saturated carbocycles. The van der Waals surface area contributed by atoms with Gasteiger partial charge in [-0.2, -0.15) is 5.26 Å². The van der Waals surface area contributed by atoms with Crippen LogP contribution in [0.3, 0.4) is 0 Å². The van der Waals surface area contributed by atoms with Crippen LogP contribution in [0.1, 0.15) is 31.8 Å². The van der Waals surface area contributed by atoms with Gasteiger partial charge in [0.1, 0.15) is 11.5 Å². The first-order valence-corrected chi connectivity index (χ1v) is 6.46. The van der Waals surface area contributed by atoms with Crippen molar-refractivity contribution in [2.24, 2.45) is 0 Å². The summed E-state index contributed by atoms with van der Waals surface area (Å²) in [5.41, 5.74) is 0. The standard InChI is InChI=1S/C14H21N3O2/c1-11(2)17(9-13-6-5-12(3)19-13)10-14(18)16-8-4-7-15/h5-6,11H,4,8-10H2,1-3H3,(H,16,18). The number of nitrogens with zero attached hydrogens (tertiary/aromatic N) is 2. The summed E-state index contributed by atoms with van der Waals surface area (Å²) in [6.07, 6.45) is 0.338. The number of furan rings is 1. The molecule has 1 rings (SSSR count). The molecule has 104 valence electrons. The molecule has 0 radical (unpaired) electrons. The van der Waals surface area contributed by atoms with E-state index in [2.05, 4.69) is 5.32 Å². The van der Waals surface area contributed by atoms with Gasteiger partial charge in [0.15, 0.2) is 0 Å². The number of hydrogen-bond donors (Lipinski definition) is 1. The van der Waals surface area contributed by atoms with E-state index >= 15 is 0 Å². The van der Waals surface area contributed by atoms with E-state index in [1.54, 1.807) is 0 Å². The number of carbonyl (C=O) groups excluding carboxylic acids is 1. The monoisotopic (exact) mass is 263 g/mol. The summed E-state index contributed by atoms with van der Waals surface area (Å²) in [6, 6.07) is 6.09. The molecule has 0 aliphatic rings. The molecule has 0 aliphatic heterocycles. The van der Waals surface area contributed by atoms with E-state index in [1.807, 2.05) is 43.9 Å². The summed E-state index contributed by atoms with van der Waals surface area (Å²) >= 11 is 0. The molecule has 0 spiro atoms. The third-order valence-electron chi connectivity index (χ3n) is 2.79. The number of aryl methyl sites for hydroxylation is 1. The van der Waals surface area contributed by atoms with Gasteiger partial charge in [0.2, 0.25) is 5.91 Å². The lowest BCUT2D eigenvalue weighted by atomic mass is 10.3. The van der Waals surface area contributed by atoms with Crippen molar-refractivity contribution in [3.05, 3.63) is 23.7 Å². The highest BCUT2D eigenvalue weighted by molar-refractivity contribution is 5.78. The van der Waals surface area contributed by atoms with Crippen molar-refractivity contribution in [3.8, 4) is 6.07 Å². The molecular weight excluding hydrogens is 242 g/mol. The van der Waals surface area contributed by atoms with Gasteiger partial charge in [-0.05, 0) is 32.9 Å². The van der Waals surface area contributed by atoms with E-state index in [4.69, 9.17) is 9.68 Å². The smallest absolute Gasteiger partial charge is 0.234 e. The van der Waals surface area contributed by atoms with Crippen molar-refractivity contribution in [2.45, 2.75) is 39.8 Å². The lowest BCUT2D eigenvalue weighted by Crippen LogP contribution is -2.40. The molecule has 0 bridgehead atoms. The Kier molecular flexibility index (Phi) is 6.10. The van der Waals surface area contributed by atoms with Crippen LogP contribution in [0.5, 0.6) is 0 Å². The van der Waals surface area contributed by atoms with Crippen molar-refractivity contribution in [2.75, 3.05) is 13.1 Å². The number of nitriles is 1. The summed E-state index contributed by atoms with van der Waals surface area (Å²) in [7, 11) is 0. The van der Waals surface area contributed by atoms with Crippen LogP contribution < -0.4 is 5.32 Å². The Hall–Kier alpha value is -1.80. The van der Waals surface area contributed by atoms with Crippen molar-refractivity contribution in [3.63, 3.8) is 0 Å². The van der Waals surface area contributed by atoms with Crippen LogP contribution >= 0.6 is 0 Å². The third-order valence-corrected chi connectivity index (χ3v) is 2.79. The predicted octanol–water partition coefficient (Wildman–Crippen LogP) is 1.83. The maximum Gasteiger partial charge on any atom is 0.234 e. The Labute approximate surface area is 114 Å². The molecular formula is C14H21N3O2. The Morgan fingerprint density at radius 2 is 2.26 bits per heavy atom. The van der Waals surface area contributed by atoms with Gasteiger partial charge >= 0.3 is 0 Å². The minimum absolute atomic E-state index is 0.0628. The molecule has 0 fully saturated rings. The van der Waals surface area contributed by atoms with Crippen LogP contribution in [0, 0.1) is 18.3 Å². The van der Waals surface area contributed by atoms with Gasteiger partial charge in [0, 0.05) is 12.6 Å². The van der Waals surface area contributed by atoms with Crippen molar-refractivity contribution < 1.29 is 9.21 Å². The van der Waals surface area contributed by atoms with Crippen molar-refractivity contribution in [1.29, 1.82) is 5.26 Å². The lowest BCUT2D eigenvalue weighted by Gasteiger charge is -2.24. The number of amides is 1. The summed E-state index contributed by atoms with van der Waals surface area (Å²) in [6.45, 7) is 7.30. The lowest BCUT2D eigenvalue weighted by molar-refractivity contribution is -0.122. The second kappa shape index (κ2) is 7.59. The van der Waals surface area contributed by atoms with Gasteiger partial charge in [-0.25, -0.2) is 0 Å². The molecule has 1 heterocycles. The van der Waals surface area contributed by atoms with E-state index in [0.29, 0.717) is 26.1 Å². The number of carbonyl (C=O) groups is 1. The van der Waals surface area contributed by atoms with Crippen molar-refractivity contribution in [1.82, 2.24) is 10.2 Å². The minimum atomic E-state index is -0.0628. The van der Waals surface area contributed by atoms with Gasteiger partial charge < -0.3 is 9.73 Å². The summed E-state index contributed by atoms with van der Waals surface area (Å²) < 4.78 is 5.53. The zero-order valence-electron chi connectivity index (χ0n) is 11.8.